The summed E-state index contributed by atoms with van der Waals surface area (Å²) in [4.78, 5) is 15.2. The first kappa shape index (κ1) is 19.2. The first-order chi connectivity index (χ1) is 12.0. The third-order valence-corrected chi connectivity index (χ3v) is 5.01. The molecule has 134 valence electrons. The summed E-state index contributed by atoms with van der Waals surface area (Å²) in [6.07, 6.45) is 1.34. The number of aromatic hydroxyl groups is 1. The quantitative estimate of drug-likeness (QED) is 0.566. The Kier molecular flexibility index (Phi) is 7.19. The number of nitrogens with zero attached hydrogens (tertiary/aromatic N) is 1. The van der Waals surface area contributed by atoms with Gasteiger partial charge in [-0.3, -0.25) is 4.79 Å². The topological polar surface area (TPSA) is 49.8 Å². The van der Waals surface area contributed by atoms with Crippen molar-refractivity contribution in [2.24, 2.45) is 0 Å². The molecule has 0 spiro atoms. The Labute approximate surface area is 153 Å². The van der Waals surface area contributed by atoms with Gasteiger partial charge in [-0.1, -0.05) is 12.1 Å². The van der Waals surface area contributed by atoms with Gasteiger partial charge in [-0.25, -0.2) is 0 Å². The summed E-state index contributed by atoms with van der Waals surface area (Å²) in [5, 5.41) is 9.27. The van der Waals surface area contributed by atoms with E-state index in [9.17, 15) is 9.90 Å². The second-order valence-corrected chi connectivity index (χ2v) is 7.18. The van der Waals surface area contributed by atoms with E-state index in [4.69, 9.17) is 4.74 Å². The molecule has 1 amide bonds. The smallest absolute Gasteiger partial charge is 0.222 e. The minimum atomic E-state index is 0.133. The van der Waals surface area contributed by atoms with Crippen molar-refractivity contribution in [2.75, 3.05) is 19.9 Å². The Bertz CT molecular complexity index is 701. The van der Waals surface area contributed by atoms with Crippen LogP contribution in [0.2, 0.25) is 0 Å². The zero-order valence-electron chi connectivity index (χ0n) is 15.0. The highest BCUT2D eigenvalue weighted by Gasteiger charge is 2.12. The minimum absolute atomic E-state index is 0.133. The van der Waals surface area contributed by atoms with Crippen molar-refractivity contribution in [1.82, 2.24) is 4.90 Å². The van der Waals surface area contributed by atoms with Crippen LogP contribution in [-0.4, -0.2) is 35.8 Å². The molecule has 2 aromatic carbocycles. The van der Waals surface area contributed by atoms with Crippen molar-refractivity contribution in [1.29, 1.82) is 0 Å². The van der Waals surface area contributed by atoms with E-state index in [0.29, 0.717) is 13.0 Å². The number of aryl methyl sites for hydroxylation is 1. The van der Waals surface area contributed by atoms with E-state index in [1.165, 1.54) is 0 Å². The molecule has 0 unspecified atom stereocenters. The molecule has 4 nitrogen and oxygen atoms in total. The van der Waals surface area contributed by atoms with E-state index in [0.717, 1.165) is 33.9 Å². The van der Waals surface area contributed by atoms with Gasteiger partial charge >= 0.3 is 0 Å². The summed E-state index contributed by atoms with van der Waals surface area (Å²) in [7, 11) is 3.48. The largest absolute Gasteiger partial charge is 0.508 e. The van der Waals surface area contributed by atoms with Crippen LogP contribution in [0.1, 0.15) is 24.0 Å². The monoisotopic (exact) mass is 359 g/mol. The second kappa shape index (κ2) is 9.37. The van der Waals surface area contributed by atoms with Crippen molar-refractivity contribution in [2.45, 2.75) is 31.2 Å². The van der Waals surface area contributed by atoms with Crippen molar-refractivity contribution < 1.29 is 14.6 Å². The van der Waals surface area contributed by atoms with Crippen molar-refractivity contribution in [3.8, 4) is 11.5 Å². The van der Waals surface area contributed by atoms with Crippen LogP contribution in [0.25, 0.3) is 0 Å². The number of carbonyl (C=O) groups is 1. The van der Waals surface area contributed by atoms with Gasteiger partial charge < -0.3 is 14.7 Å². The Morgan fingerprint density at radius 3 is 2.60 bits per heavy atom. The summed E-state index contributed by atoms with van der Waals surface area (Å²) in [5.74, 6) is 2.10. The van der Waals surface area contributed by atoms with Gasteiger partial charge in [-0.2, -0.15) is 0 Å². The minimum Gasteiger partial charge on any atom is -0.508 e. The van der Waals surface area contributed by atoms with E-state index in [-0.39, 0.29) is 11.7 Å². The highest BCUT2D eigenvalue weighted by molar-refractivity contribution is 7.99. The number of methoxy groups -OCH3 is 1. The maximum atomic E-state index is 12.3. The maximum Gasteiger partial charge on any atom is 0.222 e. The van der Waals surface area contributed by atoms with Gasteiger partial charge in [0.15, 0.2) is 0 Å². The lowest BCUT2D eigenvalue weighted by atomic mass is 10.1. The molecule has 2 rings (SSSR count). The average molecular weight is 359 g/mol. The summed E-state index contributed by atoms with van der Waals surface area (Å²) < 4.78 is 5.40. The van der Waals surface area contributed by atoms with Crippen LogP contribution in [0.4, 0.5) is 0 Å². The zero-order chi connectivity index (χ0) is 18.2. The third-order valence-electron chi connectivity index (χ3n) is 3.92. The summed E-state index contributed by atoms with van der Waals surface area (Å²) in [5.41, 5.74) is 2.16. The molecular formula is C20H25NO3S. The van der Waals surface area contributed by atoms with Gasteiger partial charge in [-0.05, 0) is 55.0 Å². The van der Waals surface area contributed by atoms with Crippen LogP contribution < -0.4 is 4.74 Å². The molecule has 0 radical (unpaired) electrons. The molecule has 0 saturated heterocycles. The van der Waals surface area contributed by atoms with E-state index in [1.54, 1.807) is 35.9 Å². The molecular weight excluding hydrogens is 334 g/mol. The molecule has 5 heteroatoms. The lowest BCUT2D eigenvalue weighted by molar-refractivity contribution is -0.130. The van der Waals surface area contributed by atoms with Crippen LogP contribution in [-0.2, 0) is 11.3 Å². The van der Waals surface area contributed by atoms with Gasteiger partial charge in [0.25, 0.3) is 0 Å². The summed E-state index contributed by atoms with van der Waals surface area (Å²) in [6.45, 7) is 2.57. The van der Waals surface area contributed by atoms with E-state index in [2.05, 4.69) is 0 Å². The molecule has 0 aliphatic rings. The average Bonchev–Trinajstić information content (AvgIpc) is 2.61. The number of amides is 1. The van der Waals surface area contributed by atoms with Crippen molar-refractivity contribution in [3.05, 3.63) is 53.6 Å². The summed E-state index contributed by atoms with van der Waals surface area (Å²) >= 11 is 1.69. The SMILES string of the molecule is COc1cc(C)ccc1CN(C)C(=O)CCCSc1ccc(O)cc1. The van der Waals surface area contributed by atoms with Gasteiger partial charge in [0.2, 0.25) is 5.91 Å². The molecule has 25 heavy (non-hydrogen) atoms. The molecule has 0 bridgehead atoms. The van der Waals surface area contributed by atoms with Crippen molar-refractivity contribution >= 4 is 17.7 Å². The molecule has 0 aromatic heterocycles. The van der Waals surface area contributed by atoms with Crippen LogP contribution in [0.3, 0.4) is 0 Å². The van der Waals surface area contributed by atoms with Gasteiger partial charge in [-0.15, -0.1) is 11.8 Å². The number of hydrogen-bond donors (Lipinski definition) is 1. The Balaban J connectivity index is 1.77. The zero-order valence-corrected chi connectivity index (χ0v) is 15.8. The fraction of sp³-hybridized carbons (Fsp3) is 0.350. The number of carbonyl (C=O) groups excluding carboxylic acids is 1. The maximum absolute atomic E-state index is 12.3. The van der Waals surface area contributed by atoms with Crippen molar-refractivity contribution in [3.63, 3.8) is 0 Å². The Morgan fingerprint density at radius 1 is 1.20 bits per heavy atom. The van der Waals surface area contributed by atoms with E-state index in [1.807, 2.05) is 44.3 Å². The Hall–Kier alpha value is -2.14. The molecule has 0 heterocycles. The number of thioether (sulfide) groups is 1. The number of benzene rings is 2. The number of phenols is 1. The molecule has 0 saturated carbocycles. The highest BCUT2D eigenvalue weighted by atomic mass is 32.2. The molecule has 2 aromatic rings. The second-order valence-electron chi connectivity index (χ2n) is 6.01. The van der Waals surface area contributed by atoms with E-state index >= 15 is 0 Å². The Morgan fingerprint density at radius 2 is 1.92 bits per heavy atom. The first-order valence-electron chi connectivity index (χ1n) is 8.29. The van der Waals surface area contributed by atoms with Gasteiger partial charge in [0.1, 0.15) is 11.5 Å². The fourth-order valence-electron chi connectivity index (χ4n) is 2.47. The number of hydrogen-bond acceptors (Lipinski definition) is 4. The first-order valence-corrected chi connectivity index (χ1v) is 9.27. The highest BCUT2D eigenvalue weighted by Crippen LogP contribution is 2.23. The number of rotatable bonds is 8. The molecule has 0 fully saturated rings. The standard InChI is InChI=1S/C20H25NO3S/c1-15-6-7-16(19(13-15)24-3)14-21(2)20(23)5-4-12-25-18-10-8-17(22)9-11-18/h6-11,13,22H,4-5,12,14H2,1-3H3. The fourth-order valence-corrected chi connectivity index (χ4v) is 3.33. The van der Waals surface area contributed by atoms with Crippen LogP contribution in [0.5, 0.6) is 11.5 Å². The lowest BCUT2D eigenvalue weighted by Crippen LogP contribution is -2.26. The van der Waals surface area contributed by atoms with E-state index < -0.39 is 0 Å². The number of phenolic OH excluding ortho intramolecular Hbond substituents is 1. The van der Waals surface area contributed by atoms with Crippen LogP contribution in [0.15, 0.2) is 47.4 Å². The third kappa shape index (κ3) is 6.02. The normalized spacial score (nSPS) is 10.5. The molecule has 0 aliphatic heterocycles. The lowest BCUT2D eigenvalue weighted by Gasteiger charge is -2.19. The molecule has 0 atom stereocenters. The summed E-state index contributed by atoms with van der Waals surface area (Å²) in [6, 6.07) is 13.2. The number of ether oxygens (including phenoxy) is 1. The predicted molar refractivity (Wildman–Crippen MR) is 102 cm³/mol. The molecule has 1 N–H and O–H groups in total. The molecule has 0 aliphatic carbocycles. The van der Waals surface area contributed by atoms with Gasteiger partial charge in [0.05, 0.1) is 7.11 Å². The van der Waals surface area contributed by atoms with Gasteiger partial charge in [0, 0.05) is 30.5 Å². The predicted octanol–water partition coefficient (Wildman–Crippen LogP) is 4.24. The van der Waals surface area contributed by atoms with Crippen LogP contribution in [0, 0.1) is 6.92 Å². The van der Waals surface area contributed by atoms with Crippen LogP contribution >= 0.6 is 11.8 Å².